The van der Waals surface area contributed by atoms with Gasteiger partial charge >= 0.3 is 5.97 Å². The van der Waals surface area contributed by atoms with Crippen LogP contribution in [0, 0.1) is 0 Å². The number of hydrogen-bond acceptors (Lipinski definition) is 5. The van der Waals surface area contributed by atoms with Gasteiger partial charge in [0.1, 0.15) is 11.7 Å². The van der Waals surface area contributed by atoms with Crippen LogP contribution in [-0.2, 0) is 9.68 Å². The van der Waals surface area contributed by atoms with Crippen LogP contribution in [0.1, 0.15) is 30.7 Å². The van der Waals surface area contributed by atoms with Crippen molar-refractivity contribution in [3.05, 3.63) is 29.8 Å². The topological polar surface area (TPSA) is 78.8 Å². The molecule has 0 aromatic heterocycles. The fraction of sp³-hybridized carbons (Fsp3) is 0.462. The average molecular weight is 251 g/mol. The summed E-state index contributed by atoms with van der Waals surface area (Å²) < 4.78 is 0. The molecule has 0 aliphatic carbocycles. The maximum atomic E-state index is 11.7. The van der Waals surface area contributed by atoms with E-state index in [4.69, 9.17) is 5.26 Å². The number of benzene rings is 1. The van der Waals surface area contributed by atoms with Crippen LogP contribution in [0.15, 0.2) is 24.3 Å². The van der Waals surface area contributed by atoms with Crippen molar-refractivity contribution in [2.24, 2.45) is 0 Å². The van der Waals surface area contributed by atoms with E-state index in [9.17, 15) is 9.90 Å². The van der Waals surface area contributed by atoms with Gasteiger partial charge in [0, 0.05) is 6.04 Å². The summed E-state index contributed by atoms with van der Waals surface area (Å²) in [4.78, 5) is 15.6. The summed E-state index contributed by atoms with van der Waals surface area (Å²) in [5.41, 5.74) is 0.728. The summed E-state index contributed by atoms with van der Waals surface area (Å²) in [6, 6.07) is 6.36. The predicted octanol–water partition coefficient (Wildman–Crippen LogP) is 1.63. The summed E-state index contributed by atoms with van der Waals surface area (Å²) in [6.07, 6.45) is 3.00. The minimum absolute atomic E-state index is 0.0389. The lowest BCUT2D eigenvalue weighted by molar-refractivity contribution is -0.236. The Balaban J connectivity index is 2.23. The van der Waals surface area contributed by atoms with Crippen molar-refractivity contribution in [3.8, 4) is 5.75 Å². The Morgan fingerprint density at radius 2 is 2.06 bits per heavy atom. The zero-order valence-corrected chi connectivity index (χ0v) is 10.0. The second-order valence-corrected chi connectivity index (χ2v) is 4.54. The van der Waals surface area contributed by atoms with Gasteiger partial charge in [0.2, 0.25) is 0 Å². The van der Waals surface area contributed by atoms with Gasteiger partial charge in [-0.3, -0.25) is 0 Å². The fourth-order valence-electron chi connectivity index (χ4n) is 2.43. The molecule has 0 bridgehead atoms. The lowest BCUT2D eigenvalue weighted by Crippen LogP contribution is -2.42. The van der Waals surface area contributed by atoms with Crippen LogP contribution < -0.4 is 5.32 Å². The Bertz CT molecular complexity index is 398. The van der Waals surface area contributed by atoms with Crippen LogP contribution in [0.3, 0.4) is 0 Å². The summed E-state index contributed by atoms with van der Waals surface area (Å²) in [6.45, 7) is 0.859. The summed E-state index contributed by atoms with van der Waals surface area (Å²) in [7, 11) is 0. The molecule has 0 spiro atoms. The molecule has 0 amide bonds. The normalized spacial score (nSPS) is 21.3. The van der Waals surface area contributed by atoms with E-state index in [0.717, 1.165) is 31.4 Å². The van der Waals surface area contributed by atoms with Crippen LogP contribution in [0.25, 0.3) is 0 Å². The van der Waals surface area contributed by atoms with Crippen molar-refractivity contribution in [1.29, 1.82) is 0 Å². The van der Waals surface area contributed by atoms with Gasteiger partial charge in [-0.1, -0.05) is 18.6 Å². The van der Waals surface area contributed by atoms with E-state index in [1.54, 1.807) is 12.1 Å². The number of phenolic OH excluding ortho intramolecular Hbond substituents is 1. The number of piperidine rings is 1. The Hall–Kier alpha value is -1.59. The summed E-state index contributed by atoms with van der Waals surface area (Å²) in [5.74, 6) is -1.07. The number of carbonyl (C=O) groups is 1. The molecule has 2 rings (SSSR count). The van der Waals surface area contributed by atoms with Gasteiger partial charge in [-0.2, -0.15) is 5.26 Å². The van der Waals surface area contributed by atoms with Crippen molar-refractivity contribution in [3.63, 3.8) is 0 Å². The van der Waals surface area contributed by atoms with E-state index in [0.29, 0.717) is 0 Å². The summed E-state index contributed by atoms with van der Waals surface area (Å²) in [5, 5.41) is 21.2. The van der Waals surface area contributed by atoms with E-state index < -0.39 is 11.9 Å². The number of aromatic hydroxyl groups is 1. The maximum Gasteiger partial charge on any atom is 0.351 e. The molecule has 3 N–H and O–H groups in total. The Kier molecular flexibility index (Phi) is 4.17. The Morgan fingerprint density at radius 3 is 2.61 bits per heavy atom. The number of rotatable bonds is 3. The number of hydrogen-bond donors (Lipinski definition) is 3. The second-order valence-electron chi connectivity index (χ2n) is 4.54. The molecule has 1 aliphatic rings. The maximum absolute atomic E-state index is 11.7. The number of carbonyl (C=O) groups excluding carboxylic acids is 1. The third-order valence-corrected chi connectivity index (χ3v) is 3.35. The lowest BCUT2D eigenvalue weighted by atomic mass is 9.86. The standard InChI is InChI=1S/C13H17NO4/c15-10-6-4-9(5-7-10)12(13(16)18-17)11-3-1-2-8-14-11/h4-7,11-12,14-15,17H,1-3,8H2/t11-,12-/m0/s1. The van der Waals surface area contributed by atoms with Gasteiger partial charge in [-0.25, -0.2) is 4.79 Å². The van der Waals surface area contributed by atoms with Crippen molar-refractivity contribution >= 4 is 5.97 Å². The predicted molar refractivity (Wildman–Crippen MR) is 65.2 cm³/mol. The van der Waals surface area contributed by atoms with Gasteiger partial charge in [0.25, 0.3) is 0 Å². The average Bonchev–Trinajstić information content (AvgIpc) is 2.42. The molecule has 18 heavy (non-hydrogen) atoms. The van der Waals surface area contributed by atoms with E-state index in [-0.39, 0.29) is 11.8 Å². The smallest absolute Gasteiger partial charge is 0.351 e. The molecule has 1 fully saturated rings. The van der Waals surface area contributed by atoms with Crippen molar-refractivity contribution in [1.82, 2.24) is 5.32 Å². The second kappa shape index (κ2) is 5.84. The molecule has 2 atom stereocenters. The third kappa shape index (κ3) is 2.80. The molecular formula is C13H17NO4. The zero-order chi connectivity index (χ0) is 13.0. The van der Waals surface area contributed by atoms with E-state index >= 15 is 0 Å². The largest absolute Gasteiger partial charge is 0.508 e. The highest BCUT2D eigenvalue weighted by atomic mass is 17.1. The number of nitrogens with one attached hydrogen (secondary N) is 1. The highest BCUT2D eigenvalue weighted by Gasteiger charge is 2.32. The van der Waals surface area contributed by atoms with Crippen LogP contribution in [0.5, 0.6) is 5.75 Å². The van der Waals surface area contributed by atoms with E-state index in [2.05, 4.69) is 10.2 Å². The monoisotopic (exact) mass is 251 g/mol. The van der Waals surface area contributed by atoms with Crippen LogP contribution in [0.2, 0.25) is 0 Å². The molecule has 1 aliphatic heterocycles. The minimum Gasteiger partial charge on any atom is -0.508 e. The van der Waals surface area contributed by atoms with Gasteiger partial charge in [0.05, 0.1) is 0 Å². The first-order valence-electron chi connectivity index (χ1n) is 6.10. The van der Waals surface area contributed by atoms with E-state index in [1.165, 1.54) is 12.1 Å². The molecule has 5 heteroatoms. The van der Waals surface area contributed by atoms with Crippen LogP contribution in [-0.4, -0.2) is 28.9 Å². The fourth-order valence-corrected chi connectivity index (χ4v) is 2.43. The van der Waals surface area contributed by atoms with Gasteiger partial charge in [0.15, 0.2) is 0 Å². The third-order valence-electron chi connectivity index (χ3n) is 3.35. The van der Waals surface area contributed by atoms with Gasteiger partial charge < -0.3 is 15.3 Å². The van der Waals surface area contributed by atoms with Gasteiger partial charge in [-0.15, -0.1) is 0 Å². The summed E-state index contributed by atoms with van der Waals surface area (Å²) >= 11 is 0. The van der Waals surface area contributed by atoms with Crippen LogP contribution in [0.4, 0.5) is 0 Å². The number of phenols is 1. The molecule has 98 valence electrons. The SMILES string of the molecule is O=C(OO)[C@@H](c1ccc(O)cc1)[C@@H]1CCCCN1. The molecule has 0 radical (unpaired) electrons. The molecule has 0 unspecified atom stereocenters. The molecular weight excluding hydrogens is 234 g/mol. The van der Waals surface area contributed by atoms with Gasteiger partial charge in [-0.05, 0) is 37.1 Å². The molecule has 1 heterocycles. The molecule has 1 aromatic carbocycles. The highest BCUT2D eigenvalue weighted by Crippen LogP contribution is 2.27. The quantitative estimate of drug-likeness (QED) is 0.562. The van der Waals surface area contributed by atoms with Crippen molar-refractivity contribution < 1.29 is 20.0 Å². The lowest BCUT2D eigenvalue weighted by Gasteiger charge is -2.29. The molecule has 5 nitrogen and oxygen atoms in total. The minimum atomic E-state index is -0.667. The van der Waals surface area contributed by atoms with Crippen molar-refractivity contribution in [2.75, 3.05) is 6.54 Å². The first-order valence-corrected chi connectivity index (χ1v) is 6.10. The molecule has 1 aromatic rings. The first-order chi connectivity index (χ1) is 8.72. The van der Waals surface area contributed by atoms with Crippen molar-refractivity contribution in [2.45, 2.75) is 31.2 Å². The first kappa shape index (κ1) is 12.9. The Morgan fingerprint density at radius 1 is 1.33 bits per heavy atom. The highest BCUT2D eigenvalue weighted by molar-refractivity contribution is 5.78. The molecule has 1 saturated heterocycles. The Labute approximate surface area is 105 Å². The van der Waals surface area contributed by atoms with Crippen LogP contribution >= 0.6 is 0 Å². The molecule has 0 saturated carbocycles. The zero-order valence-electron chi connectivity index (χ0n) is 10.0. The van der Waals surface area contributed by atoms with E-state index in [1.807, 2.05) is 0 Å².